The second-order valence-electron chi connectivity index (χ2n) is 4.38. The highest BCUT2D eigenvalue weighted by atomic mass is 32.1. The molecule has 0 fully saturated rings. The third-order valence-electron chi connectivity index (χ3n) is 2.96. The second-order valence-corrected chi connectivity index (χ2v) is 5.38. The van der Waals surface area contributed by atoms with Gasteiger partial charge in [-0.15, -0.1) is 11.3 Å². The molecule has 0 saturated carbocycles. The number of hydrogen-bond acceptors (Lipinski definition) is 3. The Bertz CT molecular complexity index is 622. The number of thiophene rings is 1. The van der Waals surface area contributed by atoms with Gasteiger partial charge >= 0.3 is 0 Å². The number of carbonyl (C=O) groups excluding carboxylic acids is 1. The van der Waals surface area contributed by atoms with E-state index < -0.39 is 0 Å². The highest BCUT2D eigenvalue weighted by Crippen LogP contribution is 2.18. The first-order valence-corrected chi connectivity index (χ1v) is 6.78. The SMILES string of the molecule is Cc1ccsc1CN(C)C(=O)c1ccc(C#N)cc1. The molecule has 0 N–H and O–H groups in total. The minimum atomic E-state index is -0.0303. The van der Waals surface area contributed by atoms with E-state index in [-0.39, 0.29) is 5.91 Å². The van der Waals surface area contributed by atoms with Gasteiger partial charge in [-0.25, -0.2) is 0 Å². The zero-order chi connectivity index (χ0) is 13.8. The molecule has 0 atom stereocenters. The third kappa shape index (κ3) is 3.01. The van der Waals surface area contributed by atoms with Crippen LogP contribution in [0.1, 0.15) is 26.4 Å². The van der Waals surface area contributed by atoms with E-state index in [4.69, 9.17) is 5.26 Å². The van der Waals surface area contributed by atoms with Gasteiger partial charge in [-0.2, -0.15) is 5.26 Å². The Morgan fingerprint density at radius 1 is 1.32 bits per heavy atom. The molecule has 1 heterocycles. The smallest absolute Gasteiger partial charge is 0.253 e. The number of aryl methyl sites for hydroxylation is 1. The Kier molecular flexibility index (Phi) is 3.98. The highest BCUT2D eigenvalue weighted by Gasteiger charge is 2.13. The molecule has 96 valence electrons. The number of nitrogens with zero attached hydrogens (tertiary/aromatic N) is 2. The van der Waals surface area contributed by atoms with E-state index in [1.807, 2.05) is 18.4 Å². The van der Waals surface area contributed by atoms with E-state index in [0.717, 1.165) is 0 Å². The Balaban J connectivity index is 2.10. The standard InChI is InChI=1S/C15H14N2OS/c1-11-7-8-19-14(11)10-17(2)15(18)13-5-3-12(9-16)4-6-13/h3-8H,10H2,1-2H3. The van der Waals surface area contributed by atoms with E-state index >= 15 is 0 Å². The number of benzene rings is 1. The summed E-state index contributed by atoms with van der Waals surface area (Å²) < 4.78 is 0. The van der Waals surface area contributed by atoms with Crippen molar-refractivity contribution in [2.24, 2.45) is 0 Å². The first-order valence-electron chi connectivity index (χ1n) is 5.90. The first-order chi connectivity index (χ1) is 9.11. The molecule has 2 rings (SSSR count). The fourth-order valence-corrected chi connectivity index (χ4v) is 2.72. The van der Waals surface area contributed by atoms with Crippen LogP contribution >= 0.6 is 11.3 Å². The number of amides is 1. The summed E-state index contributed by atoms with van der Waals surface area (Å²) in [6, 6.07) is 10.8. The van der Waals surface area contributed by atoms with Gasteiger partial charge in [-0.05, 0) is 48.2 Å². The highest BCUT2D eigenvalue weighted by molar-refractivity contribution is 7.10. The molecule has 1 aromatic heterocycles. The fourth-order valence-electron chi connectivity index (χ4n) is 1.76. The van der Waals surface area contributed by atoms with Crippen molar-refractivity contribution in [3.05, 3.63) is 57.3 Å². The summed E-state index contributed by atoms with van der Waals surface area (Å²) >= 11 is 1.66. The van der Waals surface area contributed by atoms with Crippen LogP contribution in [-0.4, -0.2) is 17.9 Å². The topological polar surface area (TPSA) is 44.1 Å². The molecule has 19 heavy (non-hydrogen) atoms. The van der Waals surface area contributed by atoms with Crippen LogP contribution in [0, 0.1) is 18.3 Å². The lowest BCUT2D eigenvalue weighted by Gasteiger charge is -2.17. The van der Waals surface area contributed by atoms with E-state index in [1.54, 1.807) is 47.5 Å². The third-order valence-corrected chi connectivity index (χ3v) is 3.96. The zero-order valence-electron chi connectivity index (χ0n) is 10.9. The molecule has 0 aliphatic rings. The summed E-state index contributed by atoms with van der Waals surface area (Å²) in [5.41, 5.74) is 2.38. The second kappa shape index (κ2) is 5.68. The monoisotopic (exact) mass is 270 g/mol. The Hall–Kier alpha value is -2.12. The maximum atomic E-state index is 12.2. The van der Waals surface area contributed by atoms with Crippen molar-refractivity contribution in [3.8, 4) is 6.07 Å². The van der Waals surface area contributed by atoms with Crippen LogP contribution in [0.25, 0.3) is 0 Å². The van der Waals surface area contributed by atoms with Crippen LogP contribution in [-0.2, 0) is 6.54 Å². The van der Waals surface area contributed by atoms with E-state index in [9.17, 15) is 4.79 Å². The van der Waals surface area contributed by atoms with Gasteiger partial charge in [0.2, 0.25) is 0 Å². The lowest BCUT2D eigenvalue weighted by atomic mass is 10.1. The minimum absolute atomic E-state index is 0.0303. The molecule has 0 unspecified atom stereocenters. The van der Waals surface area contributed by atoms with Gasteiger partial charge in [0, 0.05) is 17.5 Å². The molecule has 0 aliphatic heterocycles. The molecule has 0 spiro atoms. The normalized spacial score (nSPS) is 9.95. The molecule has 3 nitrogen and oxygen atoms in total. The predicted octanol–water partition coefficient (Wildman–Crippen LogP) is 3.20. The largest absolute Gasteiger partial charge is 0.337 e. The van der Waals surface area contributed by atoms with Crippen LogP contribution in [0.5, 0.6) is 0 Å². The molecule has 0 aliphatic carbocycles. The quantitative estimate of drug-likeness (QED) is 0.859. The number of carbonyl (C=O) groups is 1. The Labute approximate surface area is 116 Å². The molecule has 0 bridgehead atoms. The first kappa shape index (κ1) is 13.3. The number of nitriles is 1. The minimum Gasteiger partial charge on any atom is -0.337 e. The van der Waals surface area contributed by atoms with Crippen molar-refractivity contribution in [1.82, 2.24) is 4.90 Å². The van der Waals surface area contributed by atoms with E-state index in [0.29, 0.717) is 17.7 Å². The van der Waals surface area contributed by atoms with Crippen LogP contribution < -0.4 is 0 Å². The van der Waals surface area contributed by atoms with E-state index in [1.165, 1.54) is 10.4 Å². The molecular formula is C15H14N2OS. The predicted molar refractivity (Wildman–Crippen MR) is 76.0 cm³/mol. The Morgan fingerprint density at radius 2 is 2.00 bits per heavy atom. The maximum absolute atomic E-state index is 12.2. The van der Waals surface area contributed by atoms with Crippen LogP contribution in [0.2, 0.25) is 0 Å². The van der Waals surface area contributed by atoms with Crippen molar-refractivity contribution in [3.63, 3.8) is 0 Å². The Morgan fingerprint density at radius 3 is 2.53 bits per heavy atom. The number of rotatable bonds is 3. The number of hydrogen-bond donors (Lipinski definition) is 0. The molecular weight excluding hydrogens is 256 g/mol. The lowest BCUT2D eigenvalue weighted by molar-refractivity contribution is 0.0786. The summed E-state index contributed by atoms with van der Waals surface area (Å²) in [6.45, 7) is 2.66. The van der Waals surface area contributed by atoms with Gasteiger partial charge in [0.25, 0.3) is 5.91 Å². The van der Waals surface area contributed by atoms with Gasteiger partial charge in [0.15, 0.2) is 0 Å². The molecule has 0 saturated heterocycles. The van der Waals surface area contributed by atoms with Crippen LogP contribution in [0.3, 0.4) is 0 Å². The summed E-state index contributed by atoms with van der Waals surface area (Å²) in [7, 11) is 1.79. The molecule has 1 aromatic carbocycles. The van der Waals surface area contributed by atoms with Crippen molar-refractivity contribution in [2.45, 2.75) is 13.5 Å². The molecule has 2 aromatic rings. The summed E-state index contributed by atoms with van der Waals surface area (Å²) in [6.07, 6.45) is 0. The summed E-state index contributed by atoms with van der Waals surface area (Å²) in [4.78, 5) is 15.1. The van der Waals surface area contributed by atoms with Crippen molar-refractivity contribution in [2.75, 3.05) is 7.05 Å². The molecule has 4 heteroatoms. The van der Waals surface area contributed by atoms with Crippen LogP contribution in [0.15, 0.2) is 35.7 Å². The summed E-state index contributed by atoms with van der Waals surface area (Å²) in [5.74, 6) is -0.0303. The van der Waals surface area contributed by atoms with E-state index in [2.05, 4.69) is 6.07 Å². The summed E-state index contributed by atoms with van der Waals surface area (Å²) in [5, 5.41) is 10.8. The van der Waals surface area contributed by atoms with Gasteiger partial charge in [-0.3, -0.25) is 4.79 Å². The maximum Gasteiger partial charge on any atom is 0.253 e. The van der Waals surface area contributed by atoms with Crippen molar-refractivity contribution in [1.29, 1.82) is 5.26 Å². The molecule has 1 amide bonds. The van der Waals surface area contributed by atoms with Crippen molar-refractivity contribution >= 4 is 17.2 Å². The fraction of sp³-hybridized carbons (Fsp3) is 0.200. The van der Waals surface area contributed by atoms with Crippen LogP contribution in [0.4, 0.5) is 0 Å². The zero-order valence-corrected chi connectivity index (χ0v) is 11.7. The molecule has 0 radical (unpaired) electrons. The average Bonchev–Trinajstić information content (AvgIpc) is 2.83. The van der Waals surface area contributed by atoms with Crippen molar-refractivity contribution < 1.29 is 4.79 Å². The van der Waals surface area contributed by atoms with Gasteiger partial charge < -0.3 is 4.90 Å². The average molecular weight is 270 g/mol. The van der Waals surface area contributed by atoms with Gasteiger partial charge in [-0.1, -0.05) is 0 Å². The van der Waals surface area contributed by atoms with Gasteiger partial charge in [0.1, 0.15) is 0 Å². The van der Waals surface area contributed by atoms with Gasteiger partial charge in [0.05, 0.1) is 18.2 Å². The lowest BCUT2D eigenvalue weighted by Crippen LogP contribution is -2.26.